The molecule has 1 unspecified atom stereocenters. The minimum atomic E-state index is -0.437. The number of H-pyrrole nitrogens is 2. The van der Waals surface area contributed by atoms with Crippen LogP contribution in [0.2, 0.25) is 0 Å². The number of aromatic amines is 2. The van der Waals surface area contributed by atoms with E-state index in [-0.39, 0.29) is 17.0 Å². The van der Waals surface area contributed by atoms with Gasteiger partial charge in [0.2, 0.25) is 0 Å². The second kappa shape index (κ2) is 11.2. The zero-order valence-corrected chi connectivity index (χ0v) is 20.3. The fourth-order valence-electron chi connectivity index (χ4n) is 3.24. The van der Waals surface area contributed by atoms with E-state index in [1.807, 2.05) is 6.66 Å². The SMILES string of the molecule is CCOc1cc(N=O)ccc1C(=O)Nc1cn[nH]c1-c1nc2cc(OC)c(OC)cc2[nH]1.CP. The number of aromatic nitrogens is 4. The summed E-state index contributed by atoms with van der Waals surface area (Å²) in [7, 11) is 5.52. The predicted octanol–water partition coefficient (Wildman–Crippen LogP) is 4.51. The Kier molecular flexibility index (Phi) is 8.15. The molecule has 178 valence electrons. The molecule has 1 atom stereocenters. The van der Waals surface area contributed by atoms with Crippen molar-refractivity contribution in [3.63, 3.8) is 0 Å². The van der Waals surface area contributed by atoms with Gasteiger partial charge in [0.25, 0.3) is 5.91 Å². The summed E-state index contributed by atoms with van der Waals surface area (Å²) in [6, 6.07) is 7.87. The van der Waals surface area contributed by atoms with Crippen molar-refractivity contribution < 1.29 is 19.0 Å². The van der Waals surface area contributed by atoms with Crippen LogP contribution in [-0.4, -0.2) is 53.6 Å². The molecule has 0 fully saturated rings. The molecule has 4 rings (SSSR count). The first-order chi connectivity index (χ1) is 16.6. The topological polar surface area (TPSA) is 144 Å². The lowest BCUT2D eigenvalue weighted by Crippen LogP contribution is -2.14. The maximum Gasteiger partial charge on any atom is 0.259 e. The monoisotopic (exact) mass is 484 g/mol. The van der Waals surface area contributed by atoms with E-state index in [0.29, 0.717) is 40.8 Å². The highest BCUT2D eigenvalue weighted by molar-refractivity contribution is 7.15. The second-order valence-corrected chi connectivity index (χ2v) is 6.63. The molecule has 0 saturated heterocycles. The maximum absolute atomic E-state index is 12.9. The summed E-state index contributed by atoms with van der Waals surface area (Å²) >= 11 is 0. The summed E-state index contributed by atoms with van der Waals surface area (Å²) in [6.45, 7) is 4.02. The van der Waals surface area contributed by atoms with Crippen molar-refractivity contribution in [3.8, 4) is 28.8 Å². The number of nitrogens with one attached hydrogen (secondary N) is 3. The number of hydrogen-bond donors (Lipinski definition) is 3. The fraction of sp³-hybridized carbons (Fsp3) is 0.227. The number of anilines is 1. The zero-order chi connectivity index (χ0) is 24.7. The fourth-order valence-corrected chi connectivity index (χ4v) is 3.24. The number of benzene rings is 2. The minimum absolute atomic E-state index is 0.169. The first-order valence-corrected chi connectivity index (χ1v) is 11.4. The van der Waals surface area contributed by atoms with Gasteiger partial charge in [-0.05, 0) is 24.2 Å². The van der Waals surface area contributed by atoms with E-state index in [9.17, 15) is 9.70 Å². The molecule has 0 aliphatic rings. The summed E-state index contributed by atoms with van der Waals surface area (Å²) in [5.41, 5.74) is 2.69. The van der Waals surface area contributed by atoms with Gasteiger partial charge in [0, 0.05) is 18.2 Å². The van der Waals surface area contributed by atoms with Gasteiger partial charge >= 0.3 is 0 Å². The lowest BCUT2D eigenvalue weighted by Gasteiger charge is -2.10. The van der Waals surface area contributed by atoms with Crippen LogP contribution in [0.4, 0.5) is 11.4 Å². The number of nitroso groups, excluding NO2 is 1. The molecular formula is C22H25N6O5P. The summed E-state index contributed by atoms with van der Waals surface area (Å²) in [6.07, 6.45) is 1.48. The molecule has 34 heavy (non-hydrogen) atoms. The van der Waals surface area contributed by atoms with E-state index in [0.717, 1.165) is 5.52 Å². The van der Waals surface area contributed by atoms with Gasteiger partial charge in [-0.1, -0.05) is 6.66 Å². The number of nitrogens with zero attached hydrogens (tertiary/aromatic N) is 3. The Bertz CT molecular complexity index is 1260. The van der Waals surface area contributed by atoms with Gasteiger partial charge in [-0.3, -0.25) is 9.89 Å². The van der Waals surface area contributed by atoms with Gasteiger partial charge in [-0.25, -0.2) is 4.98 Å². The van der Waals surface area contributed by atoms with Gasteiger partial charge < -0.3 is 24.5 Å². The summed E-state index contributed by atoms with van der Waals surface area (Å²) in [5.74, 6) is 1.40. The molecule has 0 saturated carbocycles. The van der Waals surface area contributed by atoms with Gasteiger partial charge in [-0.2, -0.15) is 5.10 Å². The third-order valence-corrected chi connectivity index (χ3v) is 4.73. The summed E-state index contributed by atoms with van der Waals surface area (Å²) in [5, 5.41) is 12.6. The summed E-state index contributed by atoms with van der Waals surface area (Å²) in [4.78, 5) is 31.5. The highest BCUT2D eigenvalue weighted by Gasteiger charge is 2.19. The molecule has 3 N–H and O–H groups in total. The van der Waals surface area contributed by atoms with E-state index in [4.69, 9.17) is 14.2 Å². The van der Waals surface area contributed by atoms with Crippen LogP contribution < -0.4 is 19.5 Å². The Labute approximate surface area is 197 Å². The van der Waals surface area contributed by atoms with E-state index in [2.05, 4.69) is 39.9 Å². The molecular weight excluding hydrogens is 459 g/mol. The van der Waals surface area contributed by atoms with Crippen molar-refractivity contribution >= 4 is 37.6 Å². The van der Waals surface area contributed by atoms with E-state index in [1.165, 1.54) is 24.4 Å². The van der Waals surface area contributed by atoms with Crippen molar-refractivity contribution in [2.45, 2.75) is 6.92 Å². The summed E-state index contributed by atoms with van der Waals surface area (Å²) < 4.78 is 16.1. The Morgan fingerprint density at radius 3 is 2.53 bits per heavy atom. The molecule has 11 nitrogen and oxygen atoms in total. The van der Waals surface area contributed by atoms with E-state index < -0.39 is 5.91 Å². The predicted molar refractivity (Wildman–Crippen MR) is 133 cm³/mol. The number of hydrogen-bond acceptors (Lipinski definition) is 8. The number of imidazole rings is 1. The molecule has 0 aliphatic heterocycles. The van der Waals surface area contributed by atoms with Gasteiger partial charge in [0.05, 0.1) is 49.3 Å². The van der Waals surface area contributed by atoms with Crippen LogP contribution in [0.3, 0.4) is 0 Å². The molecule has 0 bridgehead atoms. The van der Waals surface area contributed by atoms with Crippen LogP contribution in [0, 0.1) is 4.91 Å². The van der Waals surface area contributed by atoms with Crippen LogP contribution in [-0.2, 0) is 0 Å². The Hall–Kier alpha value is -3.98. The first-order valence-electron chi connectivity index (χ1n) is 10.2. The molecule has 0 spiro atoms. The van der Waals surface area contributed by atoms with E-state index in [1.54, 1.807) is 33.3 Å². The molecule has 1 amide bonds. The minimum Gasteiger partial charge on any atom is -0.493 e. The third-order valence-electron chi connectivity index (χ3n) is 4.73. The normalized spacial score (nSPS) is 10.3. The highest BCUT2D eigenvalue weighted by Crippen LogP contribution is 2.34. The quantitative estimate of drug-likeness (QED) is 0.247. The zero-order valence-electron chi connectivity index (χ0n) is 19.1. The van der Waals surface area contributed by atoms with Crippen LogP contribution in [0.15, 0.2) is 41.7 Å². The molecule has 2 aromatic heterocycles. The largest absolute Gasteiger partial charge is 0.493 e. The van der Waals surface area contributed by atoms with Crippen LogP contribution in [0.5, 0.6) is 17.2 Å². The maximum atomic E-state index is 12.9. The molecule has 0 radical (unpaired) electrons. The number of carbonyl (C=O) groups excluding carboxylic acids is 1. The standard InChI is InChI=1S/C21H20N6O5.CH5P/c1-4-32-16-7-11(27-29)5-6-12(16)21(28)25-15-10-22-26-19(15)20-23-13-8-17(30-2)18(31-3)9-14(13)24-20;1-2/h5-10H,4H2,1-3H3,(H,22,26)(H,23,24)(H,25,28);2H2,1H3. The molecule has 4 aromatic rings. The Balaban J connectivity index is 0.00000158. The second-order valence-electron chi connectivity index (χ2n) is 6.63. The van der Waals surface area contributed by atoms with Crippen molar-refractivity contribution in [2.24, 2.45) is 5.18 Å². The number of methoxy groups -OCH3 is 2. The lowest BCUT2D eigenvalue weighted by atomic mass is 10.1. The van der Waals surface area contributed by atoms with Crippen LogP contribution in [0.25, 0.3) is 22.6 Å². The number of amides is 1. The van der Waals surface area contributed by atoms with Crippen molar-refractivity contribution in [1.82, 2.24) is 20.2 Å². The Morgan fingerprint density at radius 1 is 1.12 bits per heavy atom. The average Bonchev–Trinajstić information content (AvgIpc) is 3.50. The lowest BCUT2D eigenvalue weighted by molar-refractivity contribution is 0.102. The van der Waals surface area contributed by atoms with Gasteiger partial charge in [-0.15, -0.1) is 14.1 Å². The molecule has 2 heterocycles. The molecule has 0 aliphatic carbocycles. The smallest absolute Gasteiger partial charge is 0.259 e. The van der Waals surface area contributed by atoms with Crippen molar-refractivity contribution in [3.05, 3.63) is 47.0 Å². The highest BCUT2D eigenvalue weighted by atomic mass is 31.0. The number of rotatable bonds is 8. The Morgan fingerprint density at radius 2 is 1.85 bits per heavy atom. The van der Waals surface area contributed by atoms with Crippen LogP contribution in [0.1, 0.15) is 17.3 Å². The van der Waals surface area contributed by atoms with Crippen molar-refractivity contribution in [2.75, 3.05) is 32.8 Å². The number of carbonyl (C=O) groups is 1. The molecule has 2 aromatic carbocycles. The van der Waals surface area contributed by atoms with Crippen molar-refractivity contribution in [1.29, 1.82) is 0 Å². The number of fused-ring (bicyclic) bond motifs is 1. The number of ether oxygens (including phenoxy) is 3. The van der Waals surface area contributed by atoms with Gasteiger partial charge in [0.1, 0.15) is 17.1 Å². The van der Waals surface area contributed by atoms with E-state index >= 15 is 0 Å². The van der Waals surface area contributed by atoms with Gasteiger partial charge in [0.15, 0.2) is 17.3 Å². The average molecular weight is 484 g/mol. The van der Waals surface area contributed by atoms with Crippen LogP contribution >= 0.6 is 9.24 Å². The molecule has 12 heteroatoms. The first kappa shape index (κ1) is 24.7. The third kappa shape index (κ3) is 4.99.